The summed E-state index contributed by atoms with van der Waals surface area (Å²) in [5, 5.41) is 10.1. The molecule has 0 amide bonds. The third-order valence-corrected chi connectivity index (χ3v) is 1.64. The predicted octanol–water partition coefficient (Wildman–Crippen LogP) is 0.771. The fraction of sp³-hybridized carbons (Fsp3) is 0.125. The van der Waals surface area contributed by atoms with Gasteiger partial charge in [0.25, 0.3) is 0 Å². The van der Waals surface area contributed by atoms with Gasteiger partial charge in [0, 0.05) is 12.4 Å². The average Bonchev–Trinajstić information content (AvgIpc) is 1.96. The number of carboxylic acids is 1. The molecule has 0 bridgehead atoms. The van der Waals surface area contributed by atoms with Crippen molar-refractivity contribution in [2.75, 3.05) is 0 Å². The smallest absolute Gasteiger partial charge is 0.142 e. The van der Waals surface area contributed by atoms with Crippen LogP contribution in [0.2, 0.25) is 5.02 Å². The van der Waals surface area contributed by atoms with E-state index in [2.05, 4.69) is 0 Å². The SMILES string of the molecule is O=C([O-])Cc1ccc(Cl)c(F)c1. The van der Waals surface area contributed by atoms with Crippen molar-refractivity contribution < 1.29 is 14.3 Å². The minimum absolute atomic E-state index is 0.0166. The molecule has 0 aliphatic carbocycles. The van der Waals surface area contributed by atoms with Crippen LogP contribution in [0.1, 0.15) is 5.56 Å². The summed E-state index contributed by atoms with van der Waals surface area (Å²) >= 11 is 5.38. The molecular formula is C8H5ClFO2-. The normalized spacial score (nSPS) is 9.83. The van der Waals surface area contributed by atoms with Crippen LogP contribution in [0, 0.1) is 5.82 Å². The number of carbonyl (C=O) groups excluding carboxylic acids is 1. The molecule has 64 valence electrons. The Bertz CT molecular complexity index is 312. The lowest BCUT2D eigenvalue weighted by atomic mass is 10.1. The number of aliphatic carboxylic acids is 1. The Hall–Kier alpha value is -1.09. The van der Waals surface area contributed by atoms with Crippen LogP contribution in [0.5, 0.6) is 0 Å². The minimum atomic E-state index is -1.24. The third kappa shape index (κ3) is 2.20. The molecule has 0 saturated carbocycles. The van der Waals surface area contributed by atoms with E-state index in [0.717, 1.165) is 6.07 Å². The molecule has 0 radical (unpaired) electrons. The van der Waals surface area contributed by atoms with E-state index in [9.17, 15) is 14.3 Å². The van der Waals surface area contributed by atoms with Gasteiger partial charge in [0.2, 0.25) is 0 Å². The molecule has 1 rings (SSSR count). The lowest BCUT2D eigenvalue weighted by Crippen LogP contribution is -2.24. The molecule has 0 atom stereocenters. The van der Waals surface area contributed by atoms with Gasteiger partial charge in [0.15, 0.2) is 0 Å². The number of carbonyl (C=O) groups is 1. The van der Waals surface area contributed by atoms with Crippen LogP contribution in [0.25, 0.3) is 0 Å². The Balaban J connectivity index is 2.89. The van der Waals surface area contributed by atoms with Gasteiger partial charge >= 0.3 is 0 Å². The first-order valence-electron chi connectivity index (χ1n) is 3.23. The summed E-state index contributed by atoms with van der Waals surface area (Å²) in [7, 11) is 0. The summed E-state index contributed by atoms with van der Waals surface area (Å²) < 4.78 is 12.7. The van der Waals surface area contributed by atoms with Gasteiger partial charge in [-0.3, -0.25) is 0 Å². The van der Waals surface area contributed by atoms with Crippen LogP contribution in [0.4, 0.5) is 4.39 Å². The van der Waals surface area contributed by atoms with Crippen LogP contribution in [-0.4, -0.2) is 5.97 Å². The van der Waals surface area contributed by atoms with E-state index in [1.165, 1.54) is 12.1 Å². The predicted molar refractivity (Wildman–Crippen MR) is 40.1 cm³/mol. The Kier molecular flexibility index (Phi) is 2.65. The van der Waals surface area contributed by atoms with Gasteiger partial charge < -0.3 is 9.90 Å². The van der Waals surface area contributed by atoms with E-state index in [1.54, 1.807) is 0 Å². The van der Waals surface area contributed by atoms with Crippen LogP contribution in [-0.2, 0) is 11.2 Å². The van der Waals surface area contributed by atoms with Gasteiger partial charge in [-0.1, -0.05) is 17.7 Å². The molecule has 1 aromatic rings. The molecule has 1 aromatic carbocycles. The highest BCUT2D eigenvalue weighted by Gasteiger charge is 2.00. The van der Waals surface area contributed by atoms with Gasteiger partial charge in [-0.05, 0) is 17.7 Å². The number of hydrogen-bond acceptors (Lipinski definition) is 2. The van der Waals surface area contributed by atoms with Crippen molar-refractivity contribution in [1.29, 1.82) is 0 Å². The topological polar surface area (TPSA) is 40.1 Å². The van der Waals surface area contributed by atoms with Crippen molar-refractivity contribution in [3.05, 3.63) is 34.6 Å². The molecule has 0 heterocycles. The summed E-state index contributed by atoms with van der Waals surface area (Å²) in [6.07, 6.45) is -0.298. The lowest BCUT2D eigenvalue weighted by molar-refractivity contribution is -0.304. The zero-order valence-corrected chi connectivity index (χ0v) is 6.77. The first kappa shape index (κ1) is 9.00. The molecule has 0 aliphatic rings. The monoisotopic (exact) mass is 187 g/mol. The van der Waals surface area contributed by atoms with Crippen LogP contribution in [0.3, 0.4) is 0 Å². The number of rotatable bonds is 2. The van der Waals surface area contributed by atoms with Crippen molar-refractivity contribution in [2.24, 2.45) is 0 Å². The number of carboxylic acid groups (broad SMARTS) is 1. The Morgan fingerprint density at radius 2 is 2.25 bits per heavy atom. The fourth-order valence-corrected chi connectivity index (χ4v) is 0.934. The van der Waals surface area contributed by atoms with Crippen molar-refractivity contribution in [3.8, 4) is 0 Å². The van der Waals surface area contributed by atoms with Crippen LogP contribution in [0.15, 0.2) is 18.2 Å². The van der Waals surface area contributed by atoms with E-state index < -0.39 is 11.8 Å². The van der Waals surface area contributed by atoms with Crippen LogP contribution < -0.4 is 5.11 Å². The summed E-state index contributed by atoms with van der Waals surface area (Å²) in [5.41, 5.74) is 0.344. The maximum absolute atomic E-state index is 12.7. The molecule has 0 N–H and O–H groups in total. The second-order valence-corrected chi connectivity index (χ2v) is 2.70. The average molecular weight is 188 g/mol. The standard InChI is InChI=1S/C8H6ClFO2/c9-6-2-1-5(3-7(6)10)4-8(11)12/h1-3H,4H2,(H,11,12)/p-1. The summed E-state index contributed by atoms with van der Waals surface area (Å²) in [5.74, 6) is -1.85. The van der Waals surface area contributed by atoms with Crippen molar-refractivity contribution in [3.63, 3.8) is 0 Å². The van der Waals surface area contributed by atoms with Gasteiger partial charge in [-0.15, -0.1) is 0 Å². The van der Waals surface area contributed by atoms with E-state index in [4.69, 9.17) is 11.6 Å². The summed E-state index contributed by atoms with van der Waals surface area (Å²) in [6.45, 7) is 0. The molecule has 0 aliphatic heterocycles. The van der Waals surface area contributed by atoms with E-state index >= 15 is 0 Å². The van der Waals surface area contributed by atoms with Gasteiger partial charge in [-0.25, -0.2) is 4.39 Å². The highest BCUT2D eigenvalue weighted by atomic mass is 35.5. The zero-order chi connectivity index (χ0) is 9.14. The van der Waals surface area contributed by atoms with E-state index in [1.807, 2.05) is 0 Å². The molecular weight excluding hydrogens is 183 g/mol. The largest absolute Gasteiger partial charge is 0.550 e. The van der Waals surface area contributed by atoms with E-state index in [0.29, 0.717) is 5.56 Å². The zero-order valence-electron chi connectivity index (χ0n) is 6.01. The summed E-state index contributed by atoms with van der Waals surface area (Å²) in [4.78, 5) is 10.1. The Labute approximate surface area is 73.6 Å². The van der Waals surface area contributed by atoms with Gasteiger partial charge in [-0.2, -0.15) is 0 Å². The van der Waals surface area contributed by atoms with E-state index in [-0.39, 0.29) is 11.4 Å². The van der Waals surface area contributed by atoms with Crippen molar-refractivity contribution in [1.82, 2.24) is 0 Å². The highest BCUT2D eigenvalue weighted by molar-refractivity contribution is 6.30. The molecule has 0 aromatic heterocycles. The highest BCUT2D eigenvalue weighted by Crippen LogP contribution is 2.15. The maximum Gasteiger partial charge on any atom is 0.142 e. The first-order chi connectivity index (χ1) is 5.59. The first-order valence-corrected chi connectivity index (χ1v) is 3.61. The number of hydrogen-bond donors (Lipinski definition) is 0. The van der Waals surface area contributed by atoms with Crippen molar-refractivity contribution >= 4 is 17.6 Å². The van der Waals surface area contributed by atoms with Gasteiger partial charge in [0.05, 0.1) is 5.02 Å². The molecule has 2 nitrogen and oxygen atoms in total. The second-order valence-electron chi connectivity index (χ2n) is 2.30. The minimum Gasteiger partial charge on any atom is -0.550 e. The lowest BCUT2D eigenvalue weighted by Gasteiger charge is -2.02. The van der Waals surface area contributed by atoms with Gasteiger partial charge in [0.1, 0.15) is 5.82 Å². The molecule has 12 heavy (non-hydrogen) atoms. The second kappa shape index (κ2) is 3.54. The van der Waals surface area contributed by atoms with Crippen LogP contribution >= 0.6 is 11.6 Å². The van der Waals surface area contributed by atoms with Crippen molar-refractivity contribution in [2.45, 2.75) is 6.42 Å². The Morgan fingerprint density at radius 3 is 2.75 bits per heavy atom. The molecule has 0 saturated heterocycles. The number of halogens is 2. The molecule has 4 heteroatoms. The molecule has 0 spiro atoms. The third-order valence-electron chi connectivity index (χ3n) is 1.33. The Morgan fingerprint density at radius 1 is 1.58 bits per heavy atom. The maximum atomic E-state index is 12.7. The quantitative estimate of drug-likeness (QED) is 0.686. The molecule has 0 unspecified atom stereocenters. The fourth-order valence-electron chi connectivity index (χ4n) is 0.816. The number of benzene rings is 1. The summed E-state index contributed by atoms with van der Waals surface area (Å²) in [6, 6.07) is 3.84. The molecule has 0 fully saturated rings.